The van der Waals surface area contributed by atoms with E-state index in [2.05, 4.69) is 18.6 Å². The van der Waals surface area contributed by atoms with Gasteiger partial charge in [0.25, 0.3) is 0 Å². The second-order valence-electron chi connectivity index (χ2n) is 3.32. The van der Waals surface area contributed by atoms with Gasteiger partial charge in [-0.25, -0.2) is 0 Å². The Hall–Kier alpha value is -0.260. The zero-order valence-electron chi connectivity index (χ0n) is 5.77. The highest BCUT2D eigenvalue weighted by Crippen LogP contribution is 2.48. The van der Waals surface area contributed by atoms with E-state index in [1.165, 1.54) is 32.1 Å². The van der Waals surface area contributed by atoms with Gasteiger partial charge in [-0.1, -0.05) is 12.2 Å². The van der Waals surface area contributed by atoms with Gasteiger partial charge in [0.05, 0.1) is 0 Å². The molecule has 2 aliphatic rings. The molecule has 1 atom stereocenters. The largest absolute Gasteiger partial charge is 0.0885 e. The third kappa shape index (κ3) is 0.810. The first-order valence-electron chi connectivity index (χ1n) is 3.91. The highest BCUT2D eigenvalue weighted by Gasteiger charge is 2.36. The molecular weight excluding hydrogens is 108 g/mol. The minimum atomic E-state index is 0.689. The summed E-state index contributed by atoms with van der Waals surface area (Å²) in [6, 6.07) is 0. The minimum absolute atomic E-state index is 0.689. The van der Waals surface area contributed by atoms with Crippen LogP contribution in [0.4, 0.5) is 0 Å². The molecule has 2 aliphatic carbocycles. The van der Waals surface area contributed by atoms with Crippen LogP contribution < -0.4 is 0 Å². The molecule has 0 N–H and O–H groups in total. The zero-order valence-corrected chi connectivity index (χ0v) is 5.77. The van der Waals surface area contributed by atoms with Gasteiger partial charge in [0.2, 0.25) is 0 Å². The van der Waals surface area contributed by atoms with Crippen LogP contribution in [0.1, 0.15) is 32.1 Å². The molecule has 0 saturated heterocycles. The van der Waals surface area contributed by atoms with Crippen molar-refractivity contribution in [2.45, 2.75) is 32.1 Å². The second kappa shape index (κ2) is 1.86. The Kier molecular flexibility index (Phi) is 1.14. The van der Waals surface area contributed by atoms with Crippen LogP contribution in [0.5, 0.6) is 0 Å². The number of hydrogen-bond acceptors (Lipinski definition) is 0. The Morgan fingerprint density at radius 1 is 1.00 bits per heavy atom. The normalized spacial score (nSPS) is 30.2. The van der Waals surface area contributed by atoms with Gasteiger partial charge in [0, 0.05) is 0 Å². The highest BCUT2D eigenvalue weighted by molar-refractivity contribution is 5.09. The van der Waals surface area contributed by atoms with Crippen molar-refractivity contribution in [3.8, 4) is 0 Å². The third-order valence-corrected chi connectivity index (χ3v) is 2.72. The minimum Gasteiger partial charge on any atom is -0.0885 e. The maximum atomic E-state index is 2.51. The molecule has 0 aromatic heterocycles. The molecule has 1 unspecified atom stereocenters. The molecule has 0 aromatic carbocycles. The van der Waals surface area contributed by atoms with Gasteiger partial charge < -0.3 is 0 Å². The van der Waals surface area contributed by atoms with Gasteiger partial charge in [-0.2, -0.15) is 0 Å². The maximum absolute atomic E-state index is 2.51. The first kappa shape index (κ1) is 5.52. The maximum Gasteiger partial charge on any atom is -0.0229 e. The summed E-state index contributed by atoms with van der Waals surface area (Å²) in [6.45, 7) is 0. The summed E-state index contributed by atoms with van der Waals surface area (Å²) < 4.78 is 0. The van der Waals surface area contributed by atoms with Gasteiger partial charge in [0.1, 0.15) is 0 Å². The summed E-state index contributed by atoms with van der Waals surface area (Å²) in [4.78, 5) is 0. The third-order valence-electron chi connectivity index (χ3n) is 2.72. The predicted octanol–water partition coefficient (Wildman–Crippen LogP) is 2.71. The van der Waals surface area contributed by atoms with Gasteiger partial charge >= 0.3 is 0 Å². The van der Waals surface area contributed by atoms with E-state index in [1.807, 2.05) is 0 Å². The lowest BCUT2D eigenvalue weighted by Crippen LogP contribution is -2.30. The monoisotopic (exact) mass is 121 g/mol. The second-order valence-corrected chi connectivity index (χ2v) is 3.32. The van der Waals surface area contributed by atoms with Gasteiger partial charge in [-0.15, -0.1) is 0 Å². The van der Waals surface area contributed by atoms with Crippen molar-refractivity contribution < 1.29 is 0 Å². The Morgan fingerprint density at radius 3 is 2.11 bits per heavy atom. The molecule has 0 nitrogen and oxygen atoms in total. The van der Waals surface area contributed by atoms with Crippen molar-refractivity contribution in [1.29, 1.82) is 0 Å². The Bertz CT molecular complexity index is 129. The van der Waals surface area contributed by atoms with Crippen molar-refractivity contribution in [2.75, 3.05) is 0 Å². The molecule has 0 amide bonds. The van der Waals surface area contributed by atoms with E-state index in [0.29, 0.717) is 5.41 Å². The fourth-order valence-electron chi connectivity index (χ4n) is 1.87. The van der Waals surface area contributed by atoms with E-state index >= 15 is 0 Å². The van der Waals surface area contributed by atoms with Crippen LogP contribution in [0.3, 0.4) is 0 Å². The number of hydrogen-bond donors (Lipinski definition) is 0. The van der Waals surface area contributed by atoms with Crippen molar-refractivity contribution >= 4 is 0 Å². The lowest BCUT2D eigenvalue weighted by atomic mass is 9.62. The van der Waals surface area contributed by atoms with Crippen molar-refractivity contribution in [1.82, 2.24) is 0 Å². The van der Waals surface area contributed by atoms with Crippen molar-refractivity contribution in [3.05, 3.63) is 18.6 Å². The Morgan fingerprint density at radius 2 is 1.78 bits per heavy atom. The van der Waals surface area contributed by atoms with Gasteiger partial charge in [-0.3, -0.25) is 0 Å². The molecule has 1 radical (unpaired) electrons. The van der Waals surface area contributed by atoms with E-state index in [1.54, 1.807) is 0 Å². The van der Waals surface area contributed by atoms with Crippen molar-refractivity contribution in [2.24, 2.45) is 5.41 Å². The first-order chi connectivity index (χ1) is 4.41. The SMILES string of the molecule is [CH]1CCC12CC=CCC2. The summed E-state index contributed by atoms with van der Waals surface area (Å²) in [5, 5.41) is 0. The van der Waals surface area contributed by atoms with Gasteiger partial charge in [0.15, 0.2) is 0 Å². The molecule has 0 aromatic rings. The van der Waals surface area contributed by atoms with Gasteiger partial charge in [-0.05, 0) is 43.9 Å². The Labute approximate surface area is 57.0 Å². The summed E-state index contributed by atoms with van der Waals surface area (Å²) in [5.74, 6) is 0. The van der Waals surface area contributed by atoms with E-state index < -0.39 is 0 Å². The van der Waals surface area contributed by atoms with Crippen LogP contribution >= 0.6 is 0 Å². The van der Waals surface area contributed by atoms with Crippen LogP contribution in [0, 0.1) is 11.8 Å². The lowest BCUT2D eigenvalue weighted by molar-refractivity contribution is 0.206. The predicted molar refractivity (Wildman–Crippen MR) is 39.0 cm³/mol. The van der Waals surface area contributed by atoms with Crippen LogP contribution in [0.25, 0.3) is 0 Å². The quantitative estimate of drug-likeness (QED) is 0.432. The molecule has 9 heavy (non-hydrogen) atoms. The molecule has 0 heterocycles. The fourth-order valence-corrected chi connectivity index (χ4v) is 1.87. The molecule has 1 saturated carbocycles. The topological polar surface area (TPSA) is 0 Å². The number of rotatable bonds is 0. The fraction of sp³-hybridized carbons (Fsp3) is 0.667. The zero-order chi connectivity index (χ0) is 6.16. The van der Waals surface area contributed by atoms with Crippen LogP contribution in [0.15, 0.2) is 12.2 Å². The summed E-state index contributed by atoms with van der Waals surface area (Å²) in [6.07, 6.45) is 14.1. The highest BCUT2D eigenvalue weighted by atomic mass is 14.4. The van der Waals surface area contributed by atoms with Crippen molar-refractivity contribution in [3.63, 3.8) is 0 Å². The molecule has 1 fully saturated rings. The van der Waals surface area contributed by atoms with E-state index in [-0.39, 0.29) is 0 Å². The molecule has 2 rings (SSSR count). The number of allylic oxidation sites excluding steroid dienone is 2. The smallest absolute Gasteiger partial charge is 0.0229 e. The molecule has 49 valence electrons. The van der Waals surface area contributed by atoms with Crippen LogP contribution in [0.2, 0.25) is 0 Å². The summed E-state index contributed by atoms with van der Waals surface area (Å²) in [5.41, 5.74) is 0.689. The first-order valence-corrected chi connectivity index (χ1v) is 3.91. The van der Waals surface area contributed by atoms with Crippen LogP contribution in [-0.4, -0.2) is 0 Å². The molecular formula is C9H13. The Balaban J connectivity index is 2.04. The van der Waals surface area contributed by atoms with E-state index in [4.69, 9.17) is 0 Å². The lowest BCUT2D eigenvalue weighted by Gasteiger charge is -2.42. The standard InChI is InChI=1S/C9H13/c1-2-5-9(6-3-1)7-4-8-9/h1-2,7H,3-6,8H2. The summed E-state index contributed by atoms with van der Waals surface area (Å²) in [7, 11) is 0. The van der Waals surface area contributed by atoms with E-state index in [0.717, 1.165) is 0 Å². The average molecular weight is 121 g/mol. The molecule has 1 spiro atoms. The van der Waals surface area contributed by atoms with Crippen LogP contribution in [-0.2, 0) is 0 Å². The molecule has 0 aliphatic heterocycles. The molecule has 0 bridgehead atoms. The molecule has 0 heteroatoms. The van der Waals surface area contributed by atoms with E-state index in [9.17, 15) is 0 Å². The summed E-state index contributed by atoms with van der Waals surface area (Å²) >= 11 is 0. The average Bonchev–Trinajstić information content (AvgIpc) is 1.87.